The average Bonchev–Trinajstić information content (AvgIpc) is 2.79. The van der Waals surface area contributed by atoms with Crippen LogP contribution in [0.15, 0.2) is 57.1 Å². The summed E-state index contributed by atoms with van der Waals surface area (Å²) >= 11 is 0. The van der Waals surface area contributed by atoms with Gasteiger partial charge in [0.25, 0.3) is 11.5 Å². The van der Waals surface area contributed by atoms with Crippen molar-refractivity contribution in [1.82, 2.24) is 19.6 Å². The number of para-hydroxylation sites is 1. The van der Waals surface area contributed by atoms with Gasteiger partial charge in [0.1, 0.15) is 5.75 Å². The molecule has 2 aromatic rings. The molecule has 33 heavy (non-hydrogen) atoms. The van der Waals surface area contributed by atoms with Gasteiger partial charge in [0.2, 0.25) is 10.0 Å². The first-order valence-electron chi connectivity index (χ1n) is 10.8. The van der Waals surface area contributed by atoms with E-state index in [1.807, 2.05) is 17.1 Å². The van der Waals surface area contributed by atoms with Crippen molar-refractivity contribution in [3.8, 4) is 5.75 Å². The first kappa shape index (κ1) is 23.0. The van der Waals surface area contributed by atoms with Crippen LogP contribution >= 0.6 is 0 Å². The van der Waals surface area contributed by atoms with Gasteiger partial charge in [0.05, 0.1) is 12.2 Å². The zero-order valence-electron chi connectivity index (χ0n) is 18.0. The van der Waals surface area contributed by atoms with Crippen LogP contribution in [0.2, 0.25) is 0 Å². The van der Waals surface area contributed by atoms with E-state index >= 15 is 0 Å². The lowest BCUT2D eigenvalue weighted by Gasteiger charge is -2.41. The maximum Gasteiger partial charge on any atom is 0.325 e. The van der Waals surface area contributed by atoms with Gasteiger partial charge in [0.15, 0.2) is 4.90 Å². The number of nitrogens with zero attached hydrogens (tertiary/aromatic N) is 1. The zero-order chi connectivity index (χ0) is 23.5. The largest absolute Gasteiger partial charge is 0.492 e. The second-order valence-electron chi connectivity index (χ2n) is 8.33. The summed E-state index contributed by atoms with van der Waals surface area (Å²) < 4.78 is 32.9. The topological polar surface area (TPSA) is 141 Å². The molecule has 0 aliphatic carbocycles. The number of benzene rings is 1. The fraction of sp³-hybridized carbons (Fsp3) is 0.409. The molecule has 3 heterocycles. The molecule has 1 saturated heterocycles. The highest BCUT2D eigenvalue weighted by atomic mass is 32.2. The van der Waals surface area contributed by atoms with Crippen LogP contribution in [0.3, 0.4) is 0 Å². The van der Waals surface area contributed by atoms with Crippen LogP contribution in [0.1, 0.15) is 36.0 Å². The third kappa shape index (κ3) is 4.93. The maximum atomic E-state index is 13.0. The van der Waals surface area contributed by atoms with E-state index in [0.29, 0.717) is 50.1 Å². The third-order valence-corrected chi connectivity index (χ3v) is 8.11. The number of sulfonamides is 1. The number of H-pyrrole nitrogens is 2. The van der Waals surface area contributed by atoms with E-state index in [-0.39, 0.29) is 24.4 Å². The average molecular weight is 475 g/mol. The summed E-state index contributed by atoms with van der Waals surface area (Å²) in [4.78, 5) is 39.8. The number of rotatable bonds is 2. The van der Waals surface area contributed by atoms with E-state index in [1.54, 1.807) is 18.2 Å². The molecule has 0 atom stereocenters. The van der Waals surface area contributed by atoms with Crippen molar-refractivity contribution in [3.05, 3.63) is 69.0 Å². The highest BCUT2D eigenvalue weighted by molar-refractivity contribution is 7.89. The van der Waals surface area contributed by atoms with E-state index in [9.17, 15) is 22.8 Å². The lowest BCUT2D eigenvalue weighted by atomic mass is 9.76. The summed E-state index contributed by atoms with van der Waals surface area (Å²) in [6, 6.07) is 7.09. The lowest BCUT2D eigenvalue weighted by molar-refractivity contribution is 0.0891. The van der Waals surface area contributed by atoms with Crippen molar-refractivity contribution in [1.29, 1.82) is 0 Å². The minimum absolute atomic E-state index is 0.199. The highest BCUT2D eigenvalue weighted by Crippen LogP contribution is 2.37. The number of carbonyl (C=O) groups is 1. The van der Waals surface area contributed by atoms with E-state index in [1.165, 1.54) is 4.31 Å². The molecule has 2 aliphatic rings. The Kier molecular flexibility index (Phi) is 6.52. The van der Waals surface area contributed by atoms with Crippen LogP contribution in [-0.4, -0.2) is 54.8 Å². The number of hydrogen-bond donors (Lipinski definition) is 3. The Morgan fingerprint density at radius 1 is 1.03 bits per heavy atom. The monoisotopic (exact) mass is 474 g/mol. The van der Waals surface area contributed by atoms with Crippen molar-refractivity contribution in [2.24, 2.45) is 5.41 Å². The van der Waals surface area contributed by atoms with Crippen LogP contribution in [0.25, 0.3) is 0 Å². The molecule has 1 aromatic heterocycles. The minimum atomic E-state index is -4.06. The Labute approximate surface area is 190 Å². The van der Waals surface area contributed by atoms with E-state index in [2.05, 4.69) is 16.4 Å². The number of nitrogens with one attached hydrogen (secondary N) is 3. The number of hydrogen-bond acceptors (Lipinski definition) is 6. The zero-order valence-corrected chi connectivity index (χ0v) is 18.8. The standard InChI is InChI=1S/C22H26N4O6S/c27-19-16-6-2-3-7-17(16)32-13-5-1-4-8-22(15-24-19)9-11-26(12-10-22)33(30,31)18-14-23-21(29)25-20(18)28/h1-4,6-7,14H,5,8-13,15H2,(H,24,27)(H2,23,25,28,29)/b4-1+. The summed E-state index contributed by atoms with van der Waals surface area (Å²) in [6.45, 7) is 1.24. The van der Waals surface area contributed by atoms with Gasteiger partial charge in [-0.2, -0.15) is 4.31 Å². The fourth-order valence-corrected chi connectivity index (χ4v) is 5.65. The van der Waals surface area contributed by atoms with Crippen molar-refractivity contribution in [3.63, 3.8) is 0 Å². The highest BCUT2D eigenvalue weighted by Gasteiger charge is 2.39. The number of aromatic amines is 2. The van der Waals surface area contributed by atoms with E-state index < -0.39 is 26.2 Å². The molecule has 0 saturated carbocycles. The number of aromatic nitrogens is 2. The Hall–Kier alpha value is -3.18. The smallest absolute Gasteiger partial charge is 0.325 e. The van der Waals surface area contributed by atoms with Gasteiger partial charge >= 0.3 is 5.69 Å². The second kappa shape index (κ2) is 9.36. The molecular formula is C22H26N4O6S. The quantitative estimate of drug-likeness (QED) is 0.555. The molecule has 11 heteroatoms. The third-order valence-electron chi connectivity index (χ3n) is 6.20. The number of carbonyl (C=O) groups excluding carboxylic acids is 1. The molecule has 10 nitrogen and oxygen atoms in total. The van der Waals surface area contributed by atoms with Gasteiger partial charge in [-0.15, -0.1) is 0 Å². The number of piperidine rings is 1. The van der Waals surface area contributed by atoms with Gasteiger partial charge in [0, 0.05) is 25.8 Å². The summed E-state index contributed by atoms with van der Waals surface area (Å²) in [5, 5.41) is 3.00. The lowest BCUT2D eigenvalue weighted by Crippen LogP contribution is -2.48. The molecule has 2 aliphatic heterocycles. The summed E-state index contributed by atoms with van der Waals surface area (Å²) in [7, 11) is -4.06. The number of ether oxygens (including phenoxy) is 1. The molecule has 1 amide bonds. The molecule has 0 radical (unpaired) electrons. The van der Waals surface area contributed by atoms with Crippen LogP contribution in [0, 0.1) is 5.41 Å². The normalized spacial score (nSPS) is 20.5. The van der Waals surface area contributed by atoms with Crippen LogP contribution < -0.4 is 21.3 Å². The second-order valence-corrected chi connectivity index (χ2v) is 10.2. The minimum Gasteiger partial charge on any atom is -0.492 e. The molecule has 1 aromatic carbocycles. The van der Waals surface area contributed by atoms with Crippen LogP contribution in [-0.2, 0) is 10.0 Å². The Balaban J connectivity index is 1.52. The maximum absolute atomic E-state index is 13.0. The Morgan fingerprint density at radius 2 is 1.79 bits per heavy atom. The van der Waals surface area contributed by atoms with E-state index in [4.69, 9.17) is 4.74 Å². The Morgan fingerprint density at radius 3 is 2.55 bits per heavy atom. The first-order chi connectivity index (χ1) is 15.8. The van der Waals surface area contributed by atoms with Crippen LogP contribution in [0.5, 0.6) is 5.75 Å². The summed E-state index contributed by atoms with van der Waals surface area (Å²) in [6.07, 6.45) is 7.42. The molecule has 3 N–H and O–H groups in total. The predicted molar refractivity (Wildman–Crippen MR) is 121 cm³/mol. The van der Waals surface area contributed by atoms with Gasteiger partial charge in [-0.3, -0.25) is 14.6 Å². The predicted octanol–water partition coefficient (Wildman–Crippen LogP) is 0.993. The van der Waals surface area contributed by atoms with Gasteiger partial charge < -0.3 is 15.0 Å². The van der Waals surface area contributed by atoms with Crippen molar-refractivity contribution >= 4 is 15.9 Å². The SMILES string of the molecule is O=C1NCC2(C/C=C/CCOc3ccccc31)CCN(S(=O)(=O)c1c[nH]c(=O)[nH]c1=O)CC2. The van der Waals surface area contributed by atoms with Crippen molar-refractivity contribution in [2.45, 2.75) is 30.6 Å². The molecular weight excluding hydrogens is 448 g/mol. The molecule has 4 rings (SSSR count). The molecule has 0 unspecified atom stereocenters. The van der Waals surface area contributed by atoms with Gasteiger partial charge in [-0.1, -0.05) is 24.3 Å². The van der Waals surface area contributed by atoms with Gasteiger partial charge in [-0.25, -0.2) is 13.2 Å². The Bertz CT molecular complexity index is 1270. The number of amides is 1. The van der Waals surface area contributed by atoms with Gasteiger partial charge in [-0.05, 0) is 43.2 Å². The van der Waals surface area contributed by atoms with Crippen molar-refractivity contribution in [2.75, 3.05) is 26.2 Å². The summed E-state index contributed by atoms with van der Waals surface area (Å²) in [5.41, 5.74) is -1.56. The molecule has 1 fully saturated rings. The summed E-state index contributed by atoms with van der Waals surface area (Å²) in [5.74, 6) is 0.300. The van der Waals surface area contributed by atoms with Crippen molar-refractivity contribution < 1.29 is 17.9 Å². The fourth-order valence-electron chi connectivity index (χ4n) is 4.21. The first-order valence-corrected chi connectivity index (χ1v) is 12.2. The number of allylic oxidation sites excluding steroid dienone is 1. The van der Waals surface area contributed by atoms with Crippen LogP contribution in [0.4, 0.5) is 0 Å². The molecule has 1 spiro atoms. The van der Waals surface area contributed by atoms with E-state index in [0.717, 1.165) is 6.20 Å². The molecule has 0 bridgehead atoms. The number of fused-ring (bicyclic) bond motifs is 1. The molecule has 176 valence electrons.